The van der Waals surface area contributed by atoms with Gasteiger partial charge in [-0.3, -0.25) is 0 Å². The first kappa shape index (κ1) is 18.7. The highest BCUT2D eigenvalue weighted by Crippen LogP contribution is 2.37. The molecule has 148 valence electrons. The molecule has 0 aliphatic carbocycles. The van der Waals surface area contributed by atoms with Crippen LogP contribution in [0.3, 0.4) is 0 Å². The third-order valence-corrected chi connectivity index (χ3v) is 7.31. The van der Waals surface area contributed by atoms with Crippen LogP contribution in [0, 0.1) is 5.82 Å². The zero-order valence-electron chi connectivity index (χ0n) is 15.2. The quantitative estimate of drug-likeness (QED) is 0.850. The van der Waals surface area contributed by atoms with Crippen molar-refractivity contribution in [1.29, 1.82) is 0 Å². The van der Waals surface area contributed by atoms with E-state index in [2.05, 4.69) is 0 Å². The lowest BCUT2D eigenvalue weighted by atomic mass is 10.0. The van der Waals surface area contributed by atoms with Crippen LogP contribution in [0.1, 0.15) is 18.4 Å². The van der Waals surface area contributed by atoms with Crippen molar-refractivity contribution in [3.05, 3.63) is 53.8 Å². The van der Waals surface area contributed by atoms with Crippen molar-refractivity contribution in [2.45, 2.75) is 35.1 Å². The van der Waals surface area contributed by atoms with Gasteiger partial charge < -0.3 is 14.9 Å². The third kappa shape index (κ3) is 3.22. The average Bonchev–Trinajstić information content (AvgIpc) is 3.13. The first-order valence-corrected chi connectivity index (χ1v) is 10.7. The summed E-state index contributed by atoms with van der Waals surface area (Å²) in [6, 6.07) is 10.8. The lowest BCUT2D eigenvalue weighted by Crippen LogP contribution is -2.46. The highest BCUT2D eigenvalue weighted by atomic mass is 32.2. The van der Waals surface area contributed by atoms with Crippen molar-refractivity contribution in [3.63, 3.8) is 0 Å². The van der Waals surface area contributed by atoms with Gasteiger partial charge in [-0.05, 0) is 49.1 Å². The highest BCUT2D eigenvalue weighted by molar-refractivity contribution is 7.91. The van der Waals surface area contributed by atoms with Gasteiger partial charge in [0, 0.05) is 25.7 Å². The number of fused-ring (bicyclic) bond motifs is 1. The van der Waals surface area contributed by atoms with Crippen molar-refractivity contribution in [1.82, 2.24) is 4.90 Å². The first-order valence-electron chi connectivity index (χ1n) is 9.25. The topological polar surface area (TPSA) is 77.9 Å². The number of piperidine rings is 1. The Bertz CT molecular complexity index is 1000. The van der Waals surface area contributed by atoms with E-state index in [9.17, 15) is 17.6 Å². The van der Waals surface area contributed by atoms with Crippen LogP contribution in [0.15, 0.2) is 52.3 Å². The molecule has 1 N–H and O–H groups in total. The summed E-state index contributed by atoms with van der Waals surface area (Å²) in [5.41, 5.74) is 1.15. The summed E-state index contributed by atoms with van der Waals surface area (Å²) in [7, 11) is -3.77. The number of carbonyl (C=O) groups is 1. The molecule has 0 saturated carbocycles. The second kappa shape index (κ2) is 7.09. The Balaban J connectivity index is 1.62. The summed E-state index contributed by atoms with van der Waals surface area (Å²) in [4.78, 5) is 14.5. The summed E-state index contributed by atoms with van der Waals surface area (Å²) in [6.07, 6.45) is 0.913. The molecular formula is C20H21FN2O4S. The highest BCUT2D eigenvalue weighted by Gasteiger charge is 2.33. The summed E-state index contributed by atoms with van der Waals surface area (Å²) in [5, 5.41) is 9.09. The van der Waals surface area contributed by atoms with Crippen molar-refractivity contribution < 1.29 is 22.7 Å². The van der Waals surface area contributed by atoms with Gasteiger partial charge in [0.15, 0.2) is 0 Å². The number of nitrogens with zero attached hydrogens (tertiary/aromatic N) is 2. The number of hydrogen-bond acceptors (Lipinski definition) is 4. The molecule has 1 saturated heterocycles. The second-order valence-corrected chi connectivity index (χ2v) is 9.12. The lowest BCUT2D eigenvalue weighted by Gasteiger charge is -2.37. The minimum absolute atomic E-state index is 0.0301. The number of rotatable bonds is 3. The fourth-order valence-electron chi connectivity index (χ4n) is 4.12. The van der Waals surface area contributed by atoms with E-state index in [4.69, 9.17) is 5.11 Å². The molecular weight excluding hydrogens is 383 g/mol. The van der Waals surface area contributed by atoms with Gasteiger partial charge in [0.1, 0.15) is 5.82 Å². The molecule has 4 rings (SSSR count). The van der Waals surface area contributed by atoms with Crippen LogP contribution < -0.4 is 4.90 Å². The second-order valence-electron chi connectivity index (χ2n) is 7.17. The molecule has 0 aromatic heterocycles. The molecule has 6 nitrogen and oxygen atoms in total. The molecule has 1 amide bonds. The van der Waals surface area contributed by atoms with E-state index in [1.54, 1.807) is 24.3 Å². The van der Waals surface area contributed by atoms with E-state index in [0.29, 0.717) is 50.1 Å². The molecule has 1 fully saturated rings. The molecule has 28 heavy (non-hydrogen) atoms. The molecule has 0 atom stereocenters. The minimum Gasteiger partial charge on any atom is -0.465 e. The number of anilines is 1. The maximum atomic E-state index is 15.0. The number of halogens is 1. The molecule has 2 aromatic carbocycles. The van der Waals surface area contributed by atoms with Gasteiger partial charge in [0.2, 0.25) is 9.84 Å². The van der Waals surface area contributed by atoms with Gasteiger partial charge in [0.25, 0.3) is 0 Å². The number of likely N-dealkylation sites (tertiary alicyclic amines) is 1. The predicted molar refractivity (Wildman–Crippen MR) is 102 cm³/mol. The Morgan fingerprint density at radius 2 is 1.71 bits per heavy atom. The molecule has 2 aromatic rings. The molecule has 0 radical (unpaired) electrons. The Hall–Kier alpha value is -2.61. The first-order chi connectivity index (χ1) is 13.4. The maximum absolute atomic E-state index is 15.0. The fraction of sp³-hybridized carbons (Fsp3) is 0.350. The van der Waals surface area contributed by atoms with Crippen LogP contribution >= 0.6 is 0 Å². The van der Waals surface area contributed by atoms with Gasteiger partial charge in [-0.25, -0.2) is 17.6 Å². The monoisotopic (exact) mass is 404 g/mol. The zero-order chi connectivity index (χ0) is 19.9. The van der Waals surface area contributed by atoms with Crippen LogP contribution in [0.25, 0.3) is 0 Å². The van der Waals surface area contributed by atoms with E-state index in [1.165, 1.54) is 17.0 Å². The fourth-order valence-corrected chi connectivity index (χ4v) is 5.46. The number of benzene rings is 2. The van der Waals surface area contributed by atoms with Crippen LogP contribution in [-0.2, 0) is 16.3 Å². The van der Waals surface area contributed by atoms with Gasteiger partial charge in [-0.1, -0.05) is 18.2 Å². The molecule has 2 heterocycles. The summed E-state index contributed by atoms with van der Waals surface area (Å²) in [6.45, 7) is 1.46. The van der Waals surface area contributed by atoms with E-state index in [0.717, 1.165) is 6.07 Å². The maximum Gasteiger partial charge on any atom is 0.407 e. The molecule has 0 spiro atoms. The summed E-state index contributed by atoms with van der Waals surface area (Å²) < 4.78 is 40.7. The normalized spacial score (nSPS) is 17.6. The van der Waals surface area contributed by atoms with Gasteiger partial charge in [-0.2, -0.15) is 0 Å². The van der Waals surface area contributed by atoms with E-state index < -0.39 is 21.7 Å². The average molecular weight is 404 g/mol. The summed E-state index contributed by atoms with van der Waals surface area (Å²) >= 11 is 0. The Labute approximate surface area is 163 Å². The van der Waals surface area contributed by atoms with Crippen molar-refractivity contribution in [3.8, 4) is 0 Å². The minimum atomic E-state index is -3.77. The van der Waals surface area contributed by atoms with Gasteiger partial charge in [0.05, 0.1) is 15.5 Å². The molecule has 0 bridgehead atoms. The SMILES string of the molecule is O=C(O)N1CCC(N2CCc3cc(S(=O)(=O)c4ccccc4)cc(F)c32)CC1. The number of carboxylic acid groups (broad SMARTS) is 1. The Morgan fingerprint density at radius 1 is 1.04 bits per heavy atom. The molecule has 0 unspecified atom stereocenters. The smallest absolute Gasteiger partial charge is 0.407 e. The third-order valence-electron chi connectivity index (χ3n) is 5.56. The van der Waals surface area contributed by atoms with Gasteiger partial charge in [-0.15, -0.1) is 0 Å². The van der Waals surface area contributed by atoms with E-state index in [-0.39, 0.29) is 15.8 Å². The number of sulfone groups is 1. The molecule has 2 aliphatic heterocycles. The van der Waals surface area contributed by atoms with Crippen molar-refractivity contribution >= 4 is 21.6 Å². The van der Waals surface area contributed by atoms with E-state index in [1.807, 2.05) is 4.90 Å². The Morgan fingerprint density at radius 3 is 2.36 bits per heavy atom. The number of hydrogen-bond donors (Lipinski definition) is 1. The largest absolute Gasteiger partial charge is 0.465 e. The van der Waals surface area contributed by atoms with Crippen LogP contribution in [0.2, 0.25) is 0 Å². The standard InChI is InChI=1S/C20H21FN2O4S/c21-18-13-17(28(26,27)16-4-2-1-3-5-16)12-14-6-11-23(19(14)18)15-7-9-22(10-8-15)20(24)25/h1-5,12-13,15H,6-11H2,(H,24,25). The van der Waals surface area contributed by atoms with Crippen LogP contribution in [0.4, 0.5) is 14.9 Å². The predicted octanol–water partition coefficient (Wildman–Crippen LogP) is 3.16. The van der Waals surface area contributed by atoms with Crippen LogP contribution in [0.5, 0.6) is 0 Å². The molecule has 8 heteroatoms. The van der Waals surface area contributed by atoms with Crippen molar-refractivity contribution in [2.24, 2.45) is 0 Å². The van der Waals surface area contributed by atoms with E-state index >= 15 is 0 Å². The van der Waals surface area contributed by atoms with Crippen molar-refractivity contribution in [2.75, 3.05) is 24.5 Å². The van der Waals surface area contributed by atoms with Gasteiger partial charge >= 0.3 is 6.09 Å². The number of amides is 1. The lowest BCUT2D eigenvalue weighted by molar-refractivity contribution is 0.131. The summed E-state index contributed by atoms with van der Waals surface area (Å²) in [5.74, 6) is -0.537. The Kier molecular flexibility index (Phi) is 4.74. The van der Waals surface area contributed by atoms with Crippen LogP contribution in [-0.4, -0.2) is 50.2 Å². The molecule has 2 aliphatic rings. The zero-order valence-corrected chi connectivity index (χ0v) is 16.0.